The van der Waals surface area contributed by atoms with E-state index in [-0.39, 0.29) is 5.92 Å². The number of esters is 1. The number of thioether (sulfide) groups is 2. The first-order valence-electron chi connectivity index (χ1n) is 8.63. The maximum atomic E-state index is 12.4. The third-order valence-electron chi connectivity index (χ3n) is 4.27. The molecule has 1 amide bonds. The smallest absolute Gasteiger partial charge is 0.338 e. The van der Waals surface area contributed by atoms with Crippen LogP contribution in [0.4, 0.5) is 0 Å². The van der Waals surface area contributed by atoms with Gasteiger partial charge in [-0.2, -0.15) is 5.26 Å². The normalized spacial score (nSPS) is 15.6. The van der Waals surface area contributed by atoms with E-state index in [9.17, 15) is 14.9 Å². The molecule has 1 heterocycles. The van der Waals surface area contributed by atoms with E-state index in [1.807, 2.05) is 26.0 Å². The van der Waals surface area contributed by atoms with Gasteiger partial charge in [0, 0.05) is 11.5 Å². The highest BCUT2D eigenvalue weighted by molar-refractivity contribution is 8.38. The summed E-state index contributed by atoms with van der Waals surface area (Å²) in [5.41, 5.74) is 0.276. The second-order valence-corrected chi connectivity index (χ2v) is 8.84. The van der Waals surface area contributed by atoms with Crippen molar-refractivity contribution in [3.05, 3.63) is 35.4 Å². The van der Waals surface area contributed by atoms with Gasteiger partial charge in [0.15, 0.2) is 6.61 Å². The molecule has 27 heavy (non-hydrogen) atoms. The largest absolute Gasteiger partial charge is 0.452 e. The number of carbonyl (C=O) groups excluding carboxylic acids is 2. The fraction of sp³-hybridized carbons (Fsp3) is 0.474. The zero-order chi connectivity index (χ0) is 19.9. The number of nitriles is 1. The third-order valence-corrected chi connectivity index (χ3v) is 6.57. The van der Waals surface area contributed by atoms with Gasteiger partial charge < -0.3 is 10.1 Å². The van der Waals surface area contributed by atoms with Crippen molar-refractivity contribution in [2.75, 3.05) is 18.9 Å². The Morgan fingerprint density at radius 3 is 2.81 bits per heavy atom. The topological polar surface area (TPSA) is 91.5 Å². The van der Waals surface area contributed by atoms with Gasteiger partial charge >= 0.3 is 5.97 Å². The maximum absolute atomic E-state index is 12.4. The van der Waals surface area contributed by atoms with Crippen molar-refractivity contribution < 1.29 is 14.3 Å². The first-order valence-corrected chi connectivity index (χ1v) is 10.6. The van der Waals surface area contributed by atoms with Crippen molar-refractivity contribution in [2.45, 2.75) is 32.1 Å². The molecule has 2 rings (SSSR count). The van der Waals surface area contributed by atoms with Crippen LogP contribution in [0.1, 0.15) is 36.7 Å². The van der Waals surface area contributed by atoms with Crippen LogP contribution in [-0.4, -0.2) is 40.7 Å². The Bertz CT molecular complexity index is 774. The predicted octanol–water partition coefficient (Wildman–Crippen LogP) is 3.23. The second-order valence-electron chi connectivity index (χ2n) is 6.54. The molecule has 0 saturated carbocycles. The minimum Gasteiger partial charge on any atom is -0.452 e. The lowest BCUT2D eigenvalue weighted by Gasteiger charge is -2.27. The van der Waals surface area contributed by atoms with E-state index in [1.165, 1.54) is 0 Å². The number of benzene rings is 1. The SMILES string of the molecule is CC(C)[C@@](C)(C#N)NC(=O)COC(=O)c1ccccc1CSC1=NCCS1. The van der Waals surface area contributed by atoms with E-state index in [4.69, 9.17) is 4.74 Å². The van der Waals surface area contributed by atoms with Crippen LogP contribution in [0.2, 0.25) is 0 Å². The highest BCUT2D eigenvalue weighted by atomic mass is 32.2. The number of ether oxygens (including phenoxy) is 1. The number of rotatable bonds is 7. The number of nitrogens with one attached hydrogen (secondary N) is 1. The number of hydrogen-bond acceptors (Lipinski definition) is 7. The van der Waals surface area contributed by atoms with Crippen molar-refractivity contribution in [1.29, 1.82) is 5.26 Å². The Balaban J connectivity index is 1.94. The Morgan fingerprint density at radius 1 is 1.44 bits per heavy atom. The fourth-order valence-corrected chi connectivity index (χ4v) is 4.24. The van der Waals surface area contributed by atoms with Crippen LogP contribution in [0.25, 0.3) is 0 Å². The van der Waals surface area contributed by atoms with E-state index in [0.29, 0.717) is 11.3 Å². The van der Waals surface area contributed by atoms with Crippen molar-refractivity contribution in [3.8, 4) is 6.07 Å². The molecule has 0 radical (unpaired) electrons. The molecule has 0 spiro atoms. The van der Waals surface area contributed by atoms with Crippen LogP contribution in [0.15, 0.2) is 29.3 Å². The molecule has 1 atom stereocenters. The van der Waals surface area contributed by atoms with Crippen molar-refractivity contribution in [2.24, 2.45) is 10.9 Å². The van der Waals surface area contributed by atoms with E-state index in [2.05, 4.69) is 16.4 Å². The van der Waals surface area contributed by atoms with Gasteiger partial charge in [-0.25, -0.2) is 4.79 Å². The summed E-state index contributed by atoms with van der Waals surface area (Å²) in [6, 6.07) is 9.28. The number of hydrogen-bond donors (Lipinski definition) is 1. The molecular formula is C19H23N3O3S2. The summed E-state index contributed by atoms with van der Waals surface area (Å²) in [5, 5.41) is 11.9. The number of nitrogens with zero attached hydrogens (tertiary/aromatic N) is 2. The lowest BCUT2D eigenvalue weighted by atomic mass is 9.90. The zero-order valence-corrected chi connectivity index (χ0v) is 17.3. The lowest BCUT2D eigenvalue weighted by Crippen LogP contribution is -2.50. The fourth-order valence-electron chi connectivity index (χ4n) is 2.22. The Morgan fingerprint density at radius 2 is 2.19 bits per heavy atom. The quantitative estimate of drug-likeness (QED) is 0.700. The first kappa shape index (κ1) is 21.3. The van der Waals surface area contributed by atoms with Crippen LogP contribution >= 0.6 is 23.5 Å². The summed E-state index contributed by atoms with van der Waals surface area (Å²) >= 11 is 3.31. The number of carbonyl (C=O) groups is 2. The molecule has 0 fully saturated rings. The summed E-state index contributed by atoms with van der Waals surface area (Å²) in [7, 11) is 0. The van der Waals surface area contributed by atoms with Gasteiger partial charge in [0.25, 0.3) is 5.91 Å². The van der Waals surface area contributed by atoms with Crippen LogP contribution in [0.5, 0.6) is 0 Å². The third kappa shape index (κ3) is 6.01. The summed E-state index contributed by atoms with van der Waals surface area (Å²) in [6.07, 6.45) is 0. The molecule has 1 aliphatic heterocycles. The van der Waals surface area contributed by atoms with E-state index < -0.39 is 24.0 Å². The summed E-state index contributed by atoms with van der Waals surface area (Å²) in [5.74, 6) is 0.494. The van der Waals surface area contributed by atoms with Crippen LogP contribution in [0.3, 0.4) is 0 Å². The summed E-state index contributed by atoms with van der Waals surface area (Å²) < 4.78 is 6.20. The highest BCUT2D eigenvalue weighted by Crippen LogP contribution is 2.26. The Labute approximate surface area is 168 Å². The molecule has 0 saturated heterocycles. The minimum absolute atomic E-state index is 0.0729. The lowest BCUT2D eigenvalue weighted by molar-refractivity contribution is -0.125. The van der Waals surface area contributed by atoms with Crippen molar-refractivity contribution in [3.63, 3.8) is 0 Å². The molecule has 0 bridgehead atoms. The maximum Gasteiger partial charge on any atom is 0.338 e. The summed E-state index contributed by atoms with van der Waals surface area (Å²) in [4.78, 5) is 28.9. The number of aliphatic imine (C=N–C) groups is 1. The average Bonchev–Trinajstić information content (AvgIpc) is 3.18. The van der Waals surface area contributed by atoms with Gasteiger partial charge in [-0.15, -0.1) is 0 Å². The van der Waals surface area contributed by atoms with Crippen molar-refractivity contribution >= 4 is 39.8 Å². The Hall–Kier alpha value is -1.98. The number of amides is 1. The van der Waals surface area contributed by atoms with Gasteiger partial charge in [0.1, 0.15) is 9.91 Å². The molecule has 6 nitrogen and oxygen atoms in total. The molecule has 0 aliphatic carbocycles. The summed E-state index contributed by atoms with van der Waals surface area (Å²) in [6.45, 7) is 5.75. The van der Waals surface area contributed by atoms with E-state index in [1.54, 1.807) is 42.6 Å². The van der Waals surface area contributed by atoms with E-state index >= 15 is 0 Å². The first-order chi connectivity index (χ1) is 12.9. The molecule has 0 unspecified atom stereocenters. The minimum atomic E-state index is -1.00. The molecule has 144 valence electrons. The molecule has 0 aromatic heterocycles. The van der Waals surface area contributed by atoms with Gasteiger partial charge in [-0.1, -0.05) is 55.6 Å². The van der Waals surface area contributed by atoms with Gasteiger partial charge in [0.2, 0.25) is 0 Å². The molecule has 1 aliphatic rings. The van der Waals surface area contributed by atoms with Crippen LogP contribution in [-0.2, 0) is 15.3 Å². The standard InChI is InChI=1S/C19H23N3O3S2/c1-13(2)19(3,12-20)22-16(23)10-25-17(24)15-7-5-4-6-14(15)11-27-18-21-8-9-26-18/h4-7,13H,8-11H2,1-3H3,(H,22,23)/t19-/m1/s1. The van der Waals surface area contributed by atoms with Crippen LogP contribution in [0, 0.1) is 17.2 Å². The van der Waals surface area contributed by atoms with Crippen molar-refractivity contribution in [1.82, 2.24) is 5.32 Å². The molecule has 1 aromatic carbocycles. The average molecular weight is 406 g/mol. The monoisotopic (exact) mass is 405 g/mol. The van der Waals surface area contributed by atoms with Gasteiger partial charge in [-0.05, 0) is 24.5 Å². The highest BCUT2D eigenvalue weighted by Gasteiger charge is 2.30. The molecule has 8 heteroatoms. The molecule has 1 aromatic rings. The molecule has 1 N–H and O–H groups in total. The van der Waals surface area contributed by atoms with E-state index in [0.717, 1.165) is 22.2 Å². The van der Waals surface area contributed by atoms with Gasteiger partial charge in [-0.3, -0.25) is 9.79 Å². The predicted molar refractivity (Wildman–Crippen MR) is 110 cm³/mol. The van der Waals surface area contributed by atoms with Gasteiger partial charge in [0.05, 0.1) is 18.2 Å². The van der Waals surface area contributed by atoms with Crippen LogP contribution < -0.4 is 5.32 Å². The Kier molecular flexibility index (Phi) is 7.75. The molecular weight excluding hydrogens is 382 g/mol. The zero-order valence-electron chi connectivity index (χ0n) is 15.7. The second kappa shape index (κ2) is 9.81.